The summed E-state index contributed by atoms with van der Waals surface area (Å²) in [5.74, 6) is 0.210. The number of fused-ring (bicyclic) bond motifs is 1. The Balaban J connectivity index is 1.59. The summed E-state index contributed by atoms with van der Waals surface area (Å²) in [7, 11) is 0. The molecule has 0 spiro atoms. The third-order valence-corrected chi connectivity index (χ3v) is 4.64. The van der Waals surface area contributed by atoms with E-state index in [2.05, 4.69) is 0 Å². The average molecular weight is 356 g/mol. The Morgan fingerprint density at radius 1 is 1.12 bits per heavy atom. The van der Waals surface area contributed by atoms with Gasteiger partial charge in [0.05, 0.1) is 12.6 Å². The fourth-order valence-corrected chi connectivity index (χ4v) is 3.43. The van der Waals surface area contributed by atoms with E-state index in [-0.39, 0.29) is 18.1 Å². The summed E-state index contributed by atoms with van der Waals surface area (Å²) in [4.78, 5) is 14.7. The molecule has 2 aromatic carbocycles. The number of carbonyl (C=O) groups is 1. The van der Waals surface area contributed by atoms with Gasteiger partial charge in [-0.25, -0.2) is 0 Å². The average Bonchev–Trinajstić information content (AvgIpc) is 3.04. The molecule has 4 nitrogen and oxygen atoms in total. The van der Waals surface area contributed by atoms with Gasteiger partial charge in [-0.2, -0.15) is 0 Å². The summed E-state index contributed by atoms with van der Waals surface area (Å²) >= 11 is 6.01. The number of hydrogen-bond donors (Lipinski definition) is 0. The maximum atomic E-state index is 12.9. The van der Waals surface area contributed by atoms with Crippen LogP contribution in [0.3, 0.4) is 0 Å². The van der Waals surface area contributed by atoms with Crippen molar-refractivity contribution in [2.24, 2.45) is 0 Å². The summed E-state index contributed by atoms with van der Waals surface area (Å²) in [6.07, 6.45) is -0.172. The fraction of sp³-hybridized carbons (Fsp3) is 0.250. The zero-order valence-corrected chi connectivity index (χ0v) is 14.6. The molecule has 1 aromatic heterocycles. The number of morpholine rings is 1. The number of rotatable bonds is 2. The molecule has 5 heteroatoms. The minimum Gasteiger partial charge on any atom is -0.451 e. The topological polar surface area (TPSA) is 42.7 Å². The van der Waals surface area contributed by atoms with Crippen LogP contribution >= 0.6 is 11.6 Å². The molecule has 1 aliphatic heterocycles. The second-order valence-electron chi connectivity index (χ2n) is 6.35. The normalized spacial score (nSPS) is 20.8. The van der Waals surface area contributed by atoms with Crippen molar-refractivity contribution in [3.05, 3.63) is 70.9 Å². The van der Waals surface area contributed by atoms with Crippen LogP contribution in [-0.4, -0.2) is 30.0 Å². The third-order valence-electron chi connectivity index (χ3n) is 4.41. The van der Waals surface area contributed by atoms with Crippen LogP contribution in [0, 0.1) is 0 Å². The van der Waals surface area contributed by atoms with E-state index < -0.39 is 0 Å². The van der Waals surface area contributed by atoms with Gasteiger partial charge >= 0.3 is 0 Å². The SMILES string of the molecule is CC1CN(C(=O)c2cc3cc(Cl)ccc3o2)CC(c2ccccc2)O1. The highest BCUT2D eigenvalue weighted by Crippen LogP contribution is 2.28. The Morgan fingerprint density at radius 2 is 1.92 bits per heavy atom. The van der Waals surface area contributed by atoms with E-state index in [1.165, 1.54) is 0 Å². The van der Waals surface area contributed by atoms with Crippen molar-refractivity contribution in [3.63, 3.8) is 0 Å². The lowest BCUT2D eigenvalue weighted by atomic mass is 10.1. The molecule has 0 bridgehead atoms. The van der Waals surface area contributed by atoms with Crippen molar-refractivity contribution in [1.82, 2.24) is 4.90 Å². The molecule has 1 amide bonds. The number of nitrogens with zero attached hydrogens (tertiary/aromatic N) is 1. The molecule has 0 N–H and O–H groups in total. The second kappa shape index (κ2) is 6.54. The second-order valence-corrected chi connectivity index (χ2v) is 6.79. The molecule has 0 radical (unpaired) electrons. The first-order valence-corrected chi connectivity index (χ1v) is 8.67. The van der Waals surface area contributed by atoms with E-state index in [1.54, 1.807) is 29.2 Å². The van der Waals surface area contributed by atoms with Gasteiger partial charge in [-0.3, -0.25) is 4.79 Å². The Hall–Kier alpha value is -2.30. The number of hydrogen-bond acceptors (Lipinski definition) is 3. The Morgan fingerprint density at radius 3 is 2.72 bits per heavy atom. The zero-order chi connectivity index (χ0) is 17.4. The van der Waals surface area contributed by atoms with Gasteiger partial charge in [0.1, 0.15) is 11.7 Å². The summed E-state index contributed by atoms with van der Waals surface area (Å²) in [6.45, 7) is 3.03. The number of halogens is 1. The molecule has 0 saturated carbocycles. The van der Waals surface area contributed by atoms with Gasteiger partial charge in [-0.05, 0) is 36.8 Å². The van der Waals surface area contributed by atoms with Crippen molar-refractivity contribution in [1.29, 1.82) is 0 Å². The maximum absolute atomic E-state index is 12.9. The van der Waals surface area contributed by atoms with Crippen molar-refractivity contribution in [2.45, 2.75) is 19.1 Å². The fourth-order valence-electron chi connectivity index (χ4n) is 3.24. The molecule has 25 heavy (non-hydrogen) atoms. The highest BCUT2D eigenvalue weighted by molar-refractivity contribution is 6.31. The molecular formula is C20H18ClNO3. The first-order chi connectivity index (χ1) is 12.1. The van der Waals surface area contributed by atoms with Crippen LogP contribution in [0.25, 0.3) is 11.0 Å². The van der Waals surface area contributed by atoms with E-state index in [0.29, 0.717) is 29.5 Å². The quantitative estimate of drug-likeness (QED) is 0.669. The molecule has 4 rings (SSSR count). The Bertz CT molecular complexity index is 906. The van der Waals surface area contributed by atoms with Crippen LogP contribution in [0.15, 0.2) is 59.0 Å². The lowest BCUT2D eigenvalue weighted by Crippen LogP contribution is -2.45. The highest BCUT2D eigenvalue weighted by atomic mass is 35.5. The van der Waals surface area contributed by atoms with E-state index >= 15 is 0 Å². The van der Waals surface area contributed by atoms with Crippen LogP contribution in [-0.2, 0) is 4.74 Å². The van der Waals surface area contributed by atoms with Crippen molar-refractivity contribution in [2.75, 3.05) is 13.1 Å². The number of carbonyl (C=O) groups excluding carboxylic acids is 1. The third kappa shape index (κ3) is 3.28. The number of furan rings is 1. The van der Waals surface area contributed by atoms with Crippen LogP contribution in [0.5, 0.6) is 0 Å². The summed E-state index contributed by atoms with van der Waals surface area (Å²) in [5, 5.41) is 1.45. The largest absolute Gasteiger partial charge is 0.451 e. The Kier molecular flexibility index (Phi) is 4.24. The molecule has 1 aliphatic rings. The standard InChI is InChI=1S/C20H18ClNO3/c1-13-11-22(12-19(24-13)14-5-3-2-4-6-14)20(23)18-10-15-9-16(21)7-8-17(15)25-18/h2-10,13,19H,11-12H2,1H3. The minimum atomic E-state index is -0.132. The number of ether oxygens (including phenoxy) is 1. The summed E-state index contributed by atoms with van der Waals surface area (Å²) in [6, 6.07) is 17.1. The monoisotopic (exact) mass is 355 g/mol. The molecule has 1 saturated heterocycles. The molecule has 0 aliphatic carbocycles. The lowest BCUT2D eigenvalue weighted by molar-refractivity contribution is -0.0697. The van der Waals surface area contributed by atoms with Gasteiger partial charge in [0.15, 0.2) is 5.76 Å². The van der Waals surface area contributed by atoms with Crippen molar-refractivity contribution >= 4 is 28.5 Å². The Labute approximate surface area is 150 Å². The predicted molar refractivity (Wildman–Crippen MR) is 96.9 cm³/mol. The molecule has 3 aromatic rings. The number of amides is 1. The van der Waals surface area contributed by atoms with Crippen LogP contribution in [0.4, 0.5) is 0 Å². The predicted octanol–water partition coefficient (Wildman–Crippen LogP) is 4.69. The number of benzene rings is 2. The minimum absolute atomic E-state index is 0.0401. The van der Waals surface area contributed by atoms with Gasteiger partial charge in [-0.15, -0.1) is 0 Å². The molecule has 2 unspecified atom stereocenters. The van der Waals surface area contributed by atoms with E-state index in [1.807, 2.05) is 37.3 Å². The van der Waals surface area contributed by atoms with E-state index in [0.717, 1.165) is 10.9 Å². The smallest absolute Gasteiger partial charge is 0.289 e. The lowest BCUT2D eigenvalue weighted by Gasteiger charge is -2.36. The highest BCUT2D eigenvalue weighted by Gasteiger charge is 2.31. The molecule has 2 atom stereocenters. The summed E-state index contributed by atoms with van der Waals surface area (Å²) in [5.41, 5.74) is 1.73. The first-order valence-electron chi connectivity index (χ1n) is 8.29. The molecule has 128 valence electrons. The van der Waals surface area contributed by atoms with Crippen LogP contribution < -0.4 is 0 Å². The van der Waals surface area contributed by atoms with Crippen molar-refractivity contribution in [3.8, 4) is 0 Å². The molecule has 1 fully saturated rings. The maximum Gasteiger partial charge on any atom is 0.289 e. The van der Waals surface area contributed by atoms with Crippen LogP contribution in [0.1, 0.15) is 29.1 Å². The van der Waals surface area contributed by atoms with Gasteiger partial charge in [0.25, 0.3) is 5.91 Å². The van der Waals surface area contributed by atoms with Gasteiger partial charge < -0.3 is 14.1 Å². The van der Waals surface area contributed by atoms with Crippen molar-refractivity contribution < 1.29 is 13.9 Å². The van der Waals surface area contributed by atoms with Crippen LogP contribution in [0.2, 0.25) is 5.02 Å². The molecule has 2 heterocycles. The first kappa shape index (κ1) is 16.2. The van der Waals surface area contributed by atoms with Gasteiger partial charge in [0, 0.05) is 17.0 Å². The van der Waals surface area contributed by atoms with Gasteiger partial charge in [-0.1, -0.05) is 41.9 Å². The van der Waals surface area contributed by atoms with E-state index in [9.17, 15) is 4.79 Å². The zero-order valence-electron chi connectivity index (χ0n) is 13.8. The van der Waals surface area contributed by atoms with Gasteiger partial charge in [0.2, 0.25) is 0 Å². The molecular weight excluding hydrogens is 338 g/mol. The summed E-state index contributed by atoms with van der Waals surface area (Å²) < 4.78 is 11.7. The van der Waals surface area contributed by atoms with E-state index in [4.69, 9.17) is 20.8 Å².